The summed E-state index contributed by atoms with van der Waals surface area (Å²) in [5.41, 5.74) is -0.331. The summed E-state index contributed by atoms with van der Waals surface area (Å²) in [6, 6.07) is 0. The second-order valence-corrected chi connectivity index (χ2v) is 4.61. The third-order valence-corrected chi connectivity index (χ3v) is 3.22. The highest BCUT2D eigenvalue weighted by Gasteiger charge is 2.43. The second kappa shape index (κ2) is 3.87. The molecular formula is C11H14N2O4. The molecule has 2 heterocycles. The van der Waals surface area contributed by atoms with E-state index in [0.717, 1.165) is 0 Å². The molecule has 0 spiro atoms. The van der Waals surface area contributed by atoms with Gasteiger partial charge in [-0.05, 0) is 20.3 Å². The molecule has 0 saturated carbocycles. The lowest BCUT2D eigenvalue weighted by molar-refractivity contribution is -0.147. The lowest BCUT2D eigenvalue weighted by atomic mass is 9.90. The molecule has 2 rings (SSSR count). The van der Waals surface area contributed by atoms with E-state index in [4.69, 9.17) is 9.52 Å². The minimum atomic E-state index is -0.873. The van der Waals surface area contributed by atoms with Gasteiger partial charge in [-0.15, -0.1) is 0 Å². The Morgan fingerprint density at radius 3 is 2.76 bits per heavy atom. The standard InChI is InChI=1S/C11H14N2O4/c1-7-8(17-6-12-7)9(14)13-4-3-11(2,5-13)10(15)16/h6H,3-5H2,1-2H3,(H,15,16). The fourth-order valence-electron chi connectivity index (χ4n) is 1.96. The van der Waals surface area contributed by atoms with E-state index >= 15 is 0 Å². The molecule has 6 nitrogen and oxygen atoms in total. The zero-order valence-corrected chi connectivity index (χ0v) is 9.77. The first-order valence-corrected chi connectivity index (χ1v) is 5.37. The number of hydrogen-bond donors (Lipinski definition) is 1. The number of carboxylic acid groups (broad SMARTS) is 1. The predicted octanol–water partition coefficient (Wildman–Crippen LogP) is 0.920. The van der Waals surface area contributed by atoms with E-state index in [1.165, 1.54) is 11.3 Å². The van der Waals surface area contributed by atoms with E-state index in [0.29, 0.717) is 18.7 Å². The zero-order valence-electron chi connectivity index (χ0n) is 9.77. The number of carbonyl (C=O) groups excluding carboxylic acids is 1. The summed E-state index contributed by atoms with van der Waals surface area (Å²) in [6.07, 6.45) is 1.68. The maximum Gasteiger partial charge on any atom is 0.311 e. The molecule has 1 fully saturated rings. The van der Waals surface area contributed by atoms with Crippen LogP contribution in [0.5, 0.6) is 0 Å². The van der Waals surface area contributed by atoms with Crippen molar-refractivity contribution in [2.75, 3.05) is 13.1 Å². The van der Waals surface area contributed by atoms with Gasteiger partial charge in [0.1, 0.15) is 0 Å². The number of aryl methyl sites for hydroxylation is 1. The minimum absolute atomic E-state index is 0.194. The van der Waals surface area contributed by atoms with Crippen LogP contribution in [0, 0.1) is 12.3 Å². The van der Waals surface area contributed by atoms with Gasteiger partial charge < -0.3 is 14.4 Å². The van der Waals surface area contributed by atoms with Crippen LogP contribution in [0.25, 0.3) is 0 Å². The summed E-state index contributed by atoms with van der Waals surface area (Å²) in [6.45, 7) is 3.97. The molecule has 17 heavy (non-hydrogen) atoms. The monoisotopic (exact) mass is 238 g/mol. The summed E-state index contributed by atoms with van der Waals surface area (Å²) in [7, 11) is 0. The normalized spacial score (nSPS) is 24.0. The number of hydrogen-bond acceptors (Lipinski definition) is 4. The van der Waals surface area contributed by atoms with Crippen molar-refractivity contribution in [3.63, 3.8) is 0 Å². The first-order chi connectivity index (χ1) is 7.94. The molecule has 0 bridgehead atoms. The fraction of sp³-hybridized carbons (Fsp3) is 0.545. The molecule has 0 radical (unpaired) electrons. The van der Waals surface area contributed by atoms with Crippen LogP contribution in [0.15, 0.2) is 10.8 Å². The number of likely N-dealkylation sites (tertiary alicyclic amines) is 1. The van der Waals surface area contributed by atoms with E-state index in [2.05, 4.69) is 4.98 Å². The molecule has 1 aromatic rings. The highest BCUT2D eigenvalue weighted by atomic mass is 16.4. The van der Waals surface area contributed by atoms with Crippen molar-refractivity contribution in [1.82, 2.24) is 9.88 Å². The van der Waals surface area contributed by atoms with Crippen molar-refractivity contribution < 1.29 is 19.1 Å². The maximum absolute atomic E-state index is 12.0. The Hall–Kier alpha value is -1.85. The van der Waals surface area contributed by atoms with Gasteiger partial charge in [0.15, 0.2) is 6.39 Å². The second-order valence-electron chi connectivity index (χ2n) is 4.61. The van der Waals surface area contributed by atoms with Crippen LogP contribution >= 0.6 is 0 Å². The number of oxazole rings is 1. The molecule has 0 aliphatic carbocycles. The van der Waals surface area contributed by atoms with Gasteiger partial charge in [0.25, 0.3) is 5.91 Å². The van der Waals surface area contributed by atoms with Gasteiger partial charge in [-0.25, -0.2) is 4.98 Å². The Balaban J connectivity index is 2.15. The van der Waals surface area contributed by atoms with E-state index in [9.17, 15) is 9.59 Å². The van der Waals surface area contributed by atoms with Crippen LogP contribution in [-0.4, -0.2) is 40.0 Å². The van der Waals surface area contributed by atoms with Crippen LogP contribution in [0.3, 0.4) is 0 Å². The highest BCUT2D eigenvalue weighted by Crippen LogP contribution is 2.31. The number of aliphatic carboxylic acids is 1. The molecular weight excluding hydrogens is 224 g/mol. The average Bonchev–Trinajstić information content (AvgIpc) is 2.85. The van der Waals surface area contributed by atoms with Gasteiger partial charge in [0.2, 0.25) is 5.76 Å². The van der Waals surface area contributed by atoms with Crippen LogP contribution < -0.4 is 0 Å². The number of carboxylic acids is 1. The topological polar surface area (TPSA) is 83.6 Å². The van der Waals surface area contributed by atoms with Crippen molar-refractivity contribution >= 4 is 11.9 Å². The van der Waals surface area contributed by atoms with Gasteiger partial charge in [0.05, 0.1) is 11.1 Å². The van der Waals surface area contributed by atoms with Gasteiger partial charge in [0, 0.05) is 13.1 Å². The van der Waals surface area contributed by atoms with Crippen molar-refractivity contribution in [1.29, 1.82) is 0 Å². The lowest BCUT2D eigenvalue weighted by Gasteiger charge is -2.19. The summed E-state index contributed by atoms with van der Waals surface area (Å²) >= 11 is 0. The third-order valence-electron chi connectivity index (χ3n) is 3.22. The van der Waals surface area contributed by atoms with E-state index in [-0.39, 0.29) is 18.2 Å². The van der Waals surface area contributed by atoms with E-state index in [1.807, 2.05) is 0 Å². The van der Waals surface area contributed by atoms with Crippen molar-refractivity contribution in [3.8, 4) is 0 Å². The molecule has 1 aliphatic heterocycles. The summed E-state index contributed by atoms with van der Waals surface area (Å²) in [4.78, 5) is 28.5. The van der Waals surface area contributed by atoms with Crippen LogP contribution in [0.2, 0.25) is 0 Å². The molecule has 1 atom stereocenters. The Bertz CT molecular complexity index is 468. The third kappa shape index (κ3) is 1.90. The highest BCUT2D eigenvalue weighted by molar-refractivity contribution is 5.93. The Kier molecular flexibility index (Phi) is 2.65. The smallest absolute Gasteiger partial charge is 0.311 e. The molecule has 1 aromatic heterocycles. The number of carbonyl (C=O) groups is 2. The fourth-order valence-corrected chi connectivity index (χ4v) is 1.96. The predicted molar refractivity (Wildman–Crippen MR) is 57.5 cm³/mol. The number of aromatic nitrogens is 1. The SMILES string of the molecule is Cc1ncoc1C(=O)N1CCC(C)(C(=O)O)C1. The van der Waals surface area contributed by atoms with E-state index < -0.39 is 11.4 Å². The molecule has 1 N–H and O–H groups in total. The lowest BCUT2D eigenvalue weighted by Crippen LogP contribution is -2.34. The van der Waals surface area contributed by atoms with Gasteiger partial charge in [-0.1, -0.05) is 0 Å². The Labute approximate surface area is 98.2 Å². The van der Waals surface area contributed by atoms with Crippen molar-refractivity contribution in [2.24, 2.45) is 5.41 Å². The van der Waals surface area contributed by atoms with Crippen LogP contribution in [0.1, 0.15) is 29.6 Å². The summed E-state index contributed by atoms with van der Waals surface area (Å²) in [5, 5.41) is 9.08. The zero-order chi connectivity index (χ0) is 12.6. The Morgan fingerprint density at radius 1 is 1.59 bits per heavy atom. The molecule has 0 aromatic carbocycles. The quantitative estimate of drug-likeness (QED) is 0.828. The number of rotatable bonds is 2. The van der Waals surface area contributed by atoms with Crippen LogP contribution in [-0.2, 0) is 4.79 Å². The Morgan fingerprint density at radius 2 is 2.29 bits per heavy atom. The molecule has 6 heteroatoms. The van der Waals surface area contributed by atoms with Crippen LogP contribution in [0.4, 0.5) is 0 Å². The molecule has 92 valence electrons. The minimum Gasteiger partial charge on any atom is -0.481 e. The van der Waals surface area contributed by atoms with Gasteiger partial charge in [-0.2, -0.15) is 0 Å². The summed E-state index contributed by atoms with van der Waals surface area (Å²) in [5.74, 6) is -0.966. The van der Waals surface area contributed by atoms with Gasteiger partial charge >= 0.3 is 5.97 Å². The van der Waals surface area contributed by atoms with E-state index in [1.54, 1.807) is 13.8 Å². The number of amides is 1. The average molecular weight is 238 g/mol. The molecule has 1 unspecified atom stereocenters. The number of nitrogens with zero attached hydrogens (tertiary/aromatic N) is 2. The van der Waals surface area contributed by atoms with Crippen molar-refractivity contribution in [2.45, 2.75) is 20.3 Å². The first-order valence-electron chi connectivity index (χ1n) is 5.37. The largest absolute Gasteiger partial charge is 0.481 e. The molecule has 1 saturated heterocycles. The maximum atomic E-state index is 12.0. The van der Waals surface area contributed by atoms with Crippen molar-refractivity contribution in [3.05, 3.63) is 17.8 Å². The summed E-state index contributed by atoms with van der Waals surface area (Å²) < 4.78 is 5.02. The van der Waals surface area contributed by atoms with Gasteiger partial charge in [-0.3, -0.25) is 9.59 Å². The molecule has 1 aliphatic rings. The molecule has 1 amide bonds. The first kappa shape index (κ1) is 11.6.